The lowest BCUT2D eigenvalue weighted by molar-refractivity contribution is -0.197. The number of azide groups is 5. The van der Waals surface area contributed by atoms with Crippen LogP contribution in [0.4, 0.5) is 0 Å². The molecule has 0 bridgehead atoms. The van der Waals surface area contributed by atoms with Crippen LogP contribution in [0.1, 0.15) is 105 Å². The average Bonchev–Trinajstić information content (AvgIpc) is 1.10. The van der Waals surface area contributed by atoms with Crippen LogP contribution < -0.4 is 0 Å². The van der Waals surface area contributed by atoms with E-state index in [9.17, 15) is 33.6 Å². The number of thioether (sulfide) groups is 5. The Morgan fingerprint density at radius 2 is 0.526 bits per heavy atom. The lowest BCUT2D eigenvalue weighted by Gasteiger charge is -2.34. The Balaban J connectivity index is 0.000000824. The van der Waals surface area contributed by atoms with Gasteiger partial charge in [-0.05, 0) is 223 Å². The molecule has 133 heavy (non-hydrogen) atoms. The minimum atomic E-state index is -2.03. The summed E-state index contributed by atoms with van der Waals surface area (Å²) in [7, 11) is -18.5. The zero-order valence-electron chi connectivity index (χ0n) is 79.5. The molecule has 0 saturated carbocycles. The van der Waals surface area contributed by atoms with Crippen molar-refractivity contribution in [1.82, 2.24) is 54.9 Å². The van der Waals surface area contributed by atoms with Crippen molar-refractivity contribution in [3.8, 4) is 0 Å². The van der Waals surface area contributed by atoms with Crippen LogP contribution in [0.25, 0.3) is 52.2 Å². The van der Waals surface area contributed by atoms with Crippen molar-refractivity contribution in [2.45, 2.75) is 297 Å². The second-order valence-corrected chi connectivity index (χ2v) is 92.0. The molecule has 6 heterocycles. The van der Waals surface area contributed by atoms with Crippen LogP contribution in [0.2, 0.25) is 161 Å². The number of carbonyl (C=O) groups is 7. The van der Waals surface area contributed by atoms with Crippen molar-refractivity contribution in [2.75, 3.05) is 26.9 Å². The molecule has 0 aliphatic carbocycles. The monoisotopic (exact) mass is 2150 g/mol. The average molecular weight is 2150 g/mol. The van der Waals surface area contributed by atoms with Gasteiger partial charge in [-0.1, -0.05) is 111 Å². The van der Waals surface area contributed by atoms with Gasteiger partial charge in [-0.15, -0.1) is 5.06 Å². The zero-order chi connectivity index (χ0) is 101. The fourth-order valence-corrected chi connectivity index (χ4v) is 57.1. The van der Waals surface area contributed by atoms with Crippen molar-refractivity contribution >= 4 is 204 Å². The van der Waals surface area contributed by atoms with Gasteiger partial charge in [-0.25, -0.2) is 54.6 Å². The summed E-state index contributed by atoms with van der Waals surface area (Å²) in [5.41, 5.74) is 45.5. The highest BCUT2D eigenvalue weighted by molar-refractivity contribution is 8.02. The Labute approximate surface area is 818 Å². The first-order valence-corrected chi connectivity index (χ1v) is 80.5. The highest BCUT2D eigenvalue weighted by atomic mass is 35.6. The number of carboxylic acids is 4. The molecule has 4 N–H and O–H groups in total. The molecule has 59 heteroatoms. The molecule has 0 spiro atoms. The van der Waals surface area contributed by atoms with Gasteiger partial charge in [0.15, 0.2) is 107 Å². The summed E-state index contributed by atoms with van der Waals surface area (Å²) in [5.74, 6) is -4.52. The normalized spacial score (nSPS) is 12.3. The fraction of sp³-hybridized carbons (Fsp3) is 0.635. The number of halogens is 2. The standard InChI is InChI=1S/C18H28N6O5SSi2.C16H24N10OS2Si2.C14H25N5O3SSi2.C12H26O5Si2.C8H12ClN5SSi.C6H13ClO2Si/c1-31(2,9-5-6-17(27)28-24-15(25)7-8-16(24)26)29-32(3,4)13-30-18-20-10-14(11-21-18)12-22-23-19;1-30(2,11-28-15-19-5-13(6-20-15)9-23-25-17)27-31(3,4)12-29-16-21-7-14(8-22-16)10-24-26-18;1-24(2,7-5-6-13(20)21)22-25(3,4)11-23-14-16-8-12(9-17-14)10-18-19-15;1-18(2,9-5-7-11(13)14)17-19(3,4)10-6-8-12(15)16;1-16(2,9)6-15-8-11-3-7(4-12-8)5-13-14-10;1-10(2,7)5-3-4-6(8)9/h10-11H,5-9,12-13H2,1-4H3;5-8H,9-12H2,1-4H3;8-9H,5-7,10-11H2,1-4H3,(H,20,21);5-10H2,1-4H3,(H,13,14)(H,15,16);3-4H,5-6H2,1-2H3;3-5H2,1-2H3,(H,8,9). The summed E-state index contributed by atoms with van der Waals surface area (Å²) in [5, 5.41) is 59.9. The molecule has 0 radical (unpaired) electrons. The first-order valence-electron chi connectivity index (χ1n) is 42.2. The molecule has 0 unspecified atom stereocenters. The molecule has 734 valence electrons. The lowest BCUT2D eigenvalue weighted by atomic mass is 10.3. The van der Waals surface area contributed by atoms with E-state index in [2.05, 4.69) is 218 Å². The number of nitrogens with zero attached hydrogens (tertiary/aromatic N) is 26. The van der Waals surface area contributed by atoms with Crippen LogP contribution in [-0.2, 0) is 87.6 Å². The molecule has 1 fully saturated rings. The number of carbonyl (C=O) groups excluding carboxylic acids is 3. The fourth-order valence-electron chi connectivity index (χ4n) is 11.7. The molecular weight excluding hydrogens is 2020 g/mol. The Kier molecular flexibility index (Phi) is 58.9. The number of aromatic nitrogens is 10. The molecule has 42 nitrogen and oxygen atoms in total. The minimum absolute atomic E-state index is 0.0859. The van der Waals surface area contributed by atoms with E-state index in [4.69, 9.17) is 91.5 Å². The van der Waals surface area contributed by atoms with Crippen LogP contribution in [0.15, 0.2) is 113 Å². The first kappa shape index (κ1) is 124. The first-order chi connectivity index (χ1) is 61.8. The molecule has 0 aromatic carbocycles. The van der Waals surface area contributed by atoms with Crippen molar-refractivity contribution in [3.63, 3.8) is 0 Å². The van der Waals surface area contributed by atoms with E-state index >= 15 is 0 Å². The maximum absolute atomic E-state index is 12.0. The van der Waals surface area contributed by atoms with Crippen molar-refractivity contribution in [1.29, 1.82) is 0 Å². The molecule has 6 rings (SSSR count). The van der Waals surface area contributed by atoms with Gasteiger partial charge in [0.25, 0.3) is 11.8 Å². The number of aliphatic carboxylic acids is 4. The molecule has 5 aromatic heterocycles. The predicted octanol–water partition coefficient (Wildman–Crippen LogP) is 22.0. The van der Waals surface area contributed by atoms with Crippen LogP contribution in [-0.4, -0.2) is 225 Å². The second-order valence-electron chi connectivity index (χ2n) is 36.1. The smallest absolute Gasteiger partial charge is 0.333 e. The van der Waals surface area contributed by atoms with Crippen molar-refractivity contribution < 1.29 is 75.3 Å². The van der Waals surface area contributed by atoms with Gasteiger partial charge in [0.1, 0.15) is 0 Å². The maximum atomic E-state index is 12.0. The summed E-state index contributed by atoms with van der Waals surface area (Å²) in [6.45, 7) is 43.9. The SMILES string of the molecule is C[Si](C)(CCCC(=O)O)O[Si](C)(C)CCCC(=O)O.C[Si](C)(CCCC(=O)O)O[Si](C)(C)CSc1ncc(CN=[N+]=[N-])cn1.C[Si](C)(CCCC(=O)ON1C(=O)CCC1=O)O[Si](C)(C)CSc1ncc(CN=[N+]=[N-])cn1.C[Si](C)(CSc1ncc(CN=[N+]=[N-])cn1)O[Si](C)(C)CSc1ncc(CN=[N+]=[N-])cn1.C[Si](C)(Cl)CCCC(=O)O.C[Si](C)(Cl)CSc1ncc(CN=[N+]=[N-])cn1. The summed E-state index contributed by atoms with van der Waals surface area (Å²) in [6.07, 6.45) is 21.2. The van der Waals surface area contributed by atoms with E-state index in [1.165, 1.54) is 11.8 Å². The third kappa shape index (κ3) is 66.0. The largest absolute Gasteiger partial charge is 0.481 e. The number of hydrogen-bond acceptors (Lipinski definition) is 32. The number of imide groups is 1. The van der Waals surface area contributed by atoms with E-state index in [-0.39, 0.29) is 77.7 Å². The van der Waals surface area contributed by atoms with E-state index in [0.29, 0.717) is 56.5 Å². The zero-order valence-corrected chi connectivity index (χ0v) is 95.1. The summed E-state index contributed by atoms with van der Waals surface area (Å²) in [6, 6.07) is 4.19. The highest BCUT2D eigenvalue weighted by Gasteiger charge is 2.39. The number of carboxylic acid groups (broad SMARTS) is 4. The summed E-state index contributed by atoms with van der Waals surface area (Å²) in [4.78, 5) is 138. The number of hydroxylamine groups is 2. The molecule has 1 aliphatic rings. The van der Waals surface area contributed by atoms with Crippen molar-refractivity contribution in [2.24, 2.45) is 25.6 Å². The predicted molar refractivity (Wildman–Crippen MR) is 547 cm³/mol. The van der Waals surface area contributed by atoms with Gasteiger partial charge < -0.3 is 41.7 Å². The van der Waals surface area contributed by atoms with Crippen LogP contribution in [0.3, 0.4) is 0 Å². The van der Waals surface area contributed by atoms with Crippen LogP contribution in [0.5, 0.6) is 0 Å². The van der Waals surface area contributed by atoms with E-state index < -0.39 is 123 Å². The number of hydrogen-bond donors (Lipinski definition) is 4. The molecule has 0 atom stereocenters. The minimum Gasteiger partial charge on any atom is -0.481 e. The second kappa shape index (κ2) is 63.3. The van der Waals surface area contributed by atoms with Crippen LogP contribution >= 0.6 is 81.0 Å². The van der Waals surface area contributed by atoms with Gasteiger partial charge in [0.2, 0.25) is 0 Å². The molecule has 1 aliphatic heterocycles. The summed E-state index contributed by atoms with van der Waals surface area (Å²) >= 11 is 20.0. The Morgan fingerprint density at radius 3 is 0.729 bits per heavy atom. The van der Waals surface area contributed by atoms with Gasteiger partial charge >= 0.3 is 29.8 Å². The third-order valence-corrected chi connectivity index (χ3v) is 63.1. The van der Waals surface area contributed by atoms with Gasteiger partial charge in [-0.2, -0.15) is 22.2 Å². The quantitative estimate of drug-likeness (QED) is 0.00410. The molecule has 1 saturated heterocycles. The van der Waals surface area contributed by atoms with Gasteiger partial charge in [0, 0.05) is 158 Å². The molecule has 5 aromatic rings. The lowest BCUT2D eigenvalue weighted by Crippen LogP contribution is -2.48. The van der Waals surface area contributed by atoms with Crippen molar-refractivity contribution in [3.05, 3.63) is 142 Å². The van der Waals surface area contributed by atoms with Gasteiger partial charge in [-0.3, -0.25) is 28.8 Å². The van der Waals surface area contributed by atoms with E-state index in [1.54, 1.807) is 109 Å². The Bertz CT molecular complexity index is 4590. The number of amides is 2. The van der Waals surface area contributed by atoms with E-state index in [0.717, 1.165) is 91.3 Å². The van der Waals surface area contributed by atoms with Crippen LogP contribution in [0, 0.1) is 0 Å². The summed E-state index contributed by atoms with van der Waals surface area (Å²) < 4.78 is 25.9. The Hall–Kier alpha value is -7.22. The number of rotatable bonds is 54. The molecular formula is C74H128Cl2N26O16S5Si10. The highest BCUT2D eigenvalue weighted by Crippen LogP contribution is 2.32. The topological polar surface area (TPSA) is 623 Å². The Morgan fingerprint density at radius 1 is 0.331 bits per heavy atom. The van der Waals surface area contributed by atoms with E-state index in [1.807, 2.05) is 13.1 Å². The maximum Gasteiger partial charge on any atom is 0.333 e. The molecule has 2 amide bonds. The third-order valence-electron chi connectivity index (χ3n) is 17.0. The van der Waals surface area contributed by atoms with Gasteiger partial charge in [0.05, 0.1) is 32.7 Å².